The van der Waals surface area contributed by atoms with E-state index in [4.69, 9.17) is 10.5 Å². The summed E-state index contributed by atoms with van der Waals surface area (Å²) in [6.45, 7) is 2.35. The minimum absolute atomic E-state index is 0.00615. The number of ketones is 1. The van der Waals surface area contributed by atoms with Crippen LogP contribution in [0.15, 0.2) is 28.7 Å². The van der Waals surface area contributed by atoms with E-state index in [1.54, 1.807) is 30.0 Å². The molecule has 2 amide bonds. The molecule has 3 aliphatic carbocycles. The summed E-state index contributed by atoms with van der Waals surface area (Å²) in [5.74, 6) is -5.19. The number of likely N-dealkylation sites (N-methyl/N-ethyl adjacent to an activating group) is 1. The molecule has 0 aromatic heterocycles. The van der Waals surface area contributed by atoms with Crippen LogP contribution in [-0.4, -0.2) is 114 Å². The Kier molecular flexibility index (Phi) is 6.01. The summed E-state index contributed by atoms with van der Waals surface area (Å²) in [4.78, 5) is 44.0. The van der Waals surface area contributed by atoms with Crippen LogP contribution in [0.1, 0.15) is 27.9 Å². The van der Waals surface area contributed by atoms with Crippen molar-refractivity contribution in [3.63, 3.8) is 0 Å². The molecule has 0 unspecified atom stereocenters. The molecule has 2 fully saturated rings. The highest BCUT2D eigenvalue weighted by Crippen LogP contribution is 2.54. The second-order valence-corrected chi connectivity index (χ2v) is 12.7. The third-order valence-corrected chi connectivity index (χ3v) is 9.71. The summed E-state index contributed by atoms with van der Waals surface area (Å²) < 4.78 is 5.31. The Labute approximate surface area is 237 Å². The summed E-state index contributed by atoms with van der Waals surface area (Å²) in [6, 6.07) is 0.679. The Hall–Kier alpha value is -3.61. The number of allylic oxidation sites excluding steroid dienone is 1. The maximum atomic E-state index is 13.5. The number of phenolic OH excluding ortho intramolecular Hbond substituents is 1. The lowest BCUT2D eigenvalue weighted by atomic mass is 9.59. The van der Waals surface area contributed by atoms with E-state index in [1.807, 2.05) is 19.0 Å². The zero-order valence-electron chi connectivity index (χ0n) is 23.6. The van der Waals surface area contributed by atoms with Crippen molar-refractivity contribution in [3.8, 4) is 5.75 Å². The number of primary amides is 1. The van der Waals surface area contributed by atoms with Crippen molar-refractivity contribution in [2.24, 2.45) is 23.0 Å². The number of nitrogens with two attached hydrogens (primary N) is 1. The molecule has 5 aliphatic rings. The number of hydrogen-bond acceptors (Lipinski definition) is 10. The van der Waals surface area contributed by atoms with Gasteiger partial charge in [0.15, 0.2) is 11.4 Å². The number of aromatic hydroxyl groups is 1. The topological polar surface area (TPSA) is 177 Å². The molecule has 2 aliphatic heterocycles. The van der Waals surface area contributed by atoms with Gasteiger partial charge in [0, 0.05) is 50.8 Å². The van der Waals surface area contributed by atoms with Crippen LogP contribution in [0.4, 0.5) is 5.69 Å². The minimum Gasteiger partial charge on any atom is -0.509 e. The Morgan fingerprint density at radius 1 is 1.07 bits per heavy atom. The van der Waals surface area contributed by atoms with Crippen LogP contribution in [0, 0.1) is 17.3 Å². The smallest absolute Gasteiger partial charge is 0.257 e. The highest BCUT2D eigenvalue weighted by molar-refractivity contribution is 6.22. The van der Waals surface area contributed by atoms with Crippen molar-refractivity contribution in [1.82, 2.24) is 9.80 Å². The predicted molar refractivity (Wildman–Crippen MR) is 147 cm³/mol. The zero-order valence-corrected chi connectivity index (χ0v) is 23.6. The predicted octanol–water partition coefficient (Wildman–Crippen LogP) is 0.0188. The molecule has 41 heavy (non-hydrogen) atoms. The van der Waals surface area contributed by atoms with E-state index in [0.29, 0.717) is 43.9 Å². The number of phenols is 1. The van der Waals surface area contributed by atoms with Gasteiger partial charge in [0.1, 0.15) is 22.8 Å². The van der Waals surface area contributed by atoms with Crippen LogP contribution in [0.5, 0.6) is 5.75 Å². The number of fused-ring (bicyclic) bond motifs is 3. The lowest BCUT2D eigenvalue weighted by molar-refractivity contribution is -0.176. The molecule has 2 saturated heterocycles. The van der Waals surface area contributed by atoms with E-state index in [2.05, 4.69) is 0 Å². The number of likely N-dealkylation sites (tertiary alicyclic amines) is 1. The first kappa shape index (κ1) is 27.6. The maximum absolute atomic E-state index is 13.5. The number of benzene rings is 1. The quantitative estimate of drug-likeness (QED) is 0.311. The van der Waals surface area contributed by atoms with E-state index in [-0.39, 0.29) is 41.4 Å². The molecule has 6 rings (SSSR count). The molecular weight excluding hydrogens is 532 g/mol. The molecule has 1 aromatic rings. The molecule has 4 atom stereocenters. The molecule has 12 heteroatoms. The van der Waals surface area contributed by atoms with Gasteiger partial charge in [-0.25, -0.2) is 0 Å². The van der Waals surface area contributed by atoms with E-state index in [9.17, 15) is 34.8 Å². The van der Waals surface area contributed by atoms with Gasteiger partial charge in [-0.2, -0.15) is 0 Å². The van der Waals surface area contributed by atoms with Crippen molar-refractivity contribution in [1.29, 1.82) is 0 Å². The van der Waals surface area contributed by atoms with Crippen LogP contribution in [0.25, 0.3) is 0 Å². The number of hydrogen-bond donors (Lipinski definition) is 5. The molecular formula is C29H36N4O8. The first-order valence-electron chi connectivity index (χ1n) is 13.7. The molecule has 12 nitrogen and oxygen atoms in total. The van der Waals surface area contributed by atoms with Gasteiger partial charge in [-0.15, -0.1) is 0 Å². The number of aliphatic hydroxyl groups is 3. The van der Waals surface area contributed by atoms with Gasteiger partial charge in [0.2, 0.25) is 0 Å². The molecule has 220 valence electrons. The largest absolute Gasteiger partial charge is 0.509 e. The Bertz CT molecular complexity index is 1450. The van der Waals surface area contributed by atoms with Crippen LogP contribution in [-0.2, 0) is 27.2 Å². The van der Waals surface area contributed by atoms with E-state index in [1.165, 1.54) is 0 Å². The fourth-order valence-corrected chi connectivity index (χ4v) is 7.60. The second kappa shape index (κ2) is 8.94. The molecule has 2 heterocycles. The third-order valence-electron chi connectivity index (χ3n) is 9.71. The van der Waals surface area contributed by atoms with Gasteiger partial charge in [-0.05, 0) is 50.1 Å². The Morgan fingerprint density at radius 2 is 1.73 bits per heavy atom. The van der Waals surface area contributed by atoms with Crippen LogP contribution in [0.2, 0.25) is 0 Å². The number of Topliss-reactive ketones (excluding diaryl/α,β-unsaturated/α-hetero) is 1. The fraction of sp³-hybridized carbons (Fsp3) is 0.552. The number of ether oxygens (including phenoxy) is 1. The SMILES string of the molecule is CN(C)c1cc(C(=O)N2CC3(COC3)C2)c(O)c2c1C[C@H]1C[C@H]3[C@H](N(C)C)C(=O)C(C(N)=O)=C(O)[C@@]3(O)C(O)=C1C2. The summed E-state index contributed by atoms with van der Waals surface area (Å²) in [7, 11) is 6.94. The molecule has 0 radical (unpaired) electrons. The third kappa shape index (κ3) is 3.66. The number of carbonyl (C=O) groups excluding carboxylic acids is 3. The zero-order chi connectivity index (χ0) is 29.8. The van der Waals surface area contributed by atoms with Crippen molar-refractivity contribution in [2.45, 2.75) is 30.9 Å². The van der Waals surface area contributed by atoms with Gasteiger partial charge >= 0.3 is 0 Å². The lowest BCUT2D eigenvalue weighted by Gasteiger charge is -2.55. The number of nitrogens with zero attached hydrogens (tertiary/aromatic N) is 3. The van der Waals surface area contributed by atoms with Gasteiger partial charge in [0.05, 0.1) is 30.2 Å². The van der Waals surface area contributed by atoms with Crippen molar-refractivity contribution >= 4 is 23.3 Å². The van der Waals surface area contributed by atoms with Crippen molar-refractivity contribution in [3.05, 3.63) is 45.4 Å². The molecule has 0 saturated carbocycles. The van der Waals surface area contributed by atoms with Crippen LogP contribution >= 0.6 is 0 Å². The minimum atomic E-state index is -2.42. The molecule has 1 aromatic carbocycles. The first-order valence-corrected chi connectivity index (χ1v) is 13.7. The van der Waals surface area contributed by atoms with Gasteiger partial charge in [-0.3, -0.25) is 19.3 Å². The average Bonchev–Trinajstić information content (AvgIpc) is 2.83. The Morgan fingerprint density at radius 3 is 2.27 bits per heavy atom. The van der Waals surface area contributed by atoms with E-state index in [0.717, 1.165) is 11.3 Å². The maximum Gasteiger partial charge on any atom is 0.257 e. The standard InChI is InChI=1S/C29H36N4O8/c1-31(2)19-8-17(27(39)33-9-28(10-33)11-41-12-28)22(34)16-7-14-13(5-15(16)19)6-18-21(32(3)4)23(35)20(26(30)38)25(37)29(18,40)24(14)36/h8,13,18,21,34,36-37,40H,5-7,9-12H2,1-4H3,(H2,30,38)/t13-,18-,21-,29-/m0/s1. The van der Waals surface area contributed by atoms with Crippen LogP contribution in [0.3, 0.4) is 0 Å². The summed E-state index contributed by atoms with van der Waals surface area (Å²) in [5.41, 5.74) is 4.83. The summed E-state index contributed by atoms with van der Waals surface area (Å²) in [6.07, 6.45) is 0.584. The van der Waals surface area contributed by atoms with Gasteiger partial charge < -0.3 is 40.7 Å². The van der Waals surface area contributed by atoms with Crippen LogP contribution < -0.4 is 10.6 Å². The van der Waals surface area contributed by atoms with E-state index < -0.39 is 46.3 Å². The van der Waals surface area contributed by atoms with Crippen molar-refractivity contribution in [2.75, 3.05) is 59.4 Å². The first-order chi connectivity index (χ1) is 19.2. The number of rotatable bonds is 4. The highest BCUT2D eigenvalue weighted by atomic mass is 16.5. The number of aliphatic hydroxyl groups excluding tert-OH is 2. The number of amides is 2. The monoisotopic (exact) mass is 568 g/mol. The Balaban J connectivity index is 1.46. The summed E-state index contributed by atoms with van der Waals surface area (Å²) >= 11 is 0. The molecule has 0 bridgehead atoms. The summed E-state index contributed by atoms with van der Waals surface area (Å²) in [5, 5.41) is 46.0. The number of carbonyl (C=O) groups is 3. The fourth-order valence-electron chi connectivity index (χ4n) is 7.60. The molecule has 1 spiro atoms. The number of anilines is 1. The lowest BCUT2D eigenvalue weighted by Crippen LogP contribution is -2.67. The van der Waals surface area contributed by atoms with Crippen molar-refractivity contribution < 1.29 is 39.5 Å². The van der Waals surface area contributed by atoms with Gasteiger partial charge in [-0.1, -0.05) is 0 Å². The average molecular weight is 569 g/mol. The van der Waals surface area contributed by atoms with E-state index >= 15 is 0 Å². The second-order valence-electron chi connectivity index (χ2n) is 12.7. The normalized spacial score (nSPS) is 30.0. The highest BCUT2D eigenvalue weighted by Gasteiger charge is 2.61. The van der Waals surface area contributed by atoms with Gasteiger partial charge in [0.25, 0.3) is 11.8 Å². The molecule has 6 N–H and O–H groups in total.